The predicted molar refractivity (Wildman–Crippen MR) is 214 cm³/mol. The second-order valence-corrected chi connectivity index (χ2v) is 13.6. The Hall–Kier alpha value is -7.88. The number of nitrogens with zero attached hydrogens (tertiary/aromatic N) is 6. The average molecular weight is 979 g/mol. The molecule has 0 spiro atoms. The molecule has 11 N–H and O–H groups in total. The van der Waals surface area contributed by atoms with Crippen molar-refractivity contribution in [1.82, 2.24) is 39.9 Å². The first-order chi connectivity index (χ1) is 30.4. The molecule has 27 heteroatoms. The third-order valence-corrected chi connectivity index (χ3v) is 10.2. The molecule has 0 unspecified atom stereocenters. The molecule has 8 bridgehead atoms. The maximum atomic E-state index is 13.1. The summed E-state index contributed by atoms with van der Waals surface area (Å²) in [6.07, 6.45) is 0. The van der Waals surface area contributed by atoms with Crippen molar-refractivity contribution in [1.29, 1.82) is 0 Å². The Morgan fingerprint density at radius 3 is 0.985 bits per heavy atom. The van der Waals surface area contributed by atoms with Crippen molar-refractivity contribution in [3.63, 3.8) is 0 Å². The van der Waals surface area contributed by atoms with Gasteiger partial charge < -0.3 is 56.3 Å². The summed E-state index contributed by atoms with van der Waals surface area (Å²) >= 11 is 0. The van der Waals surface area contributed by atoms with Crippen LogP contribution >= 0.6 is 0 Å². The van der Waals surface area contributed by atoms with Gasteiger partial charge in [0.15, 0.2) is 23.3 Å². The van der Waals surface area contributed by atoms with Gasteiger partial charge >= 0.3 is 99.1 Å². The zero-order chi connectivity index (χ0) is 45.8. The van der Waals surface area contributed by atoms with E-state index in [2.05, 4.69) is 39.9 Å². The normalized spacial score (nSPS) is 11.0. The Morgan fingerprint density at radius 2 is 0.627 bits per heavy atom. The Balaban J connectivity index is 0.00000247. The number of carboxylic acids is 8. The first-order valence-corrected chi connectivity index (χ1v) is 17.8. The summed E-state index contributed by atoms with van der Waals surface area (Å²) in [5.74, 6) is -19.5. The molecule has 5 heterocycles. The van der Waals surface area contributed by atoms with E-state index in [0.717, 1.165) is 0 Å². The van der Waals surface area contributed by atoms with Crippen LogP contribution < -0.4 is 51.4 Å². The van der Waals surface area contributed by atoms with Crippen molar-refractivity contribution >= 4 is 91.9 Å². The van der Waals surface area contributed by atoms with E-state index in [1.54, 1.807) is 42.5 Å². The van der Waals surface area contributed by atoms with Crippen molar-refractivity contribution in [3.05, 3.63) is 93.0 Å². The minimum absolute atomic E-state index is 0. The predicted octanol–water partition coefficient (Wildman–Crippen LogP) is 1.28. The molecule has 7 aromatic rings. The molecule has 67 heavy (non-hydrogen) atoms. The number of benzene rings is 4. The standard InChI is InChI=1S/C40H18N8O16.Fe.K.H2O/c49-33(50)17-13-15(19(35(53)54)23(39(61)62)21(17)37(57)58)31-46-29(13)44-27-11-7-3-1-5-9(11)25(42-27)41-26-10-6-2-4-8-12(10)28(43-26)45-30-14-16(32(47-30)48-31)20(36(55)56)24(40(63)64)22(38(59)60)18(14)34(51)52;;;/h1-8H,(H,49,50)(H,51,52)(H,53,54)(H,55,56)(H,57,58)(H,59,60)(H,61,62)(H,63,64)(H2,41,42,43,44,45,46,47,48);;;1H2/q;;+1;/p-1. The van der Waals surface area contributed by atoms with E-state index in [0.29, 0.717) is 10.9 Å². The van der Waals surface area contributed by atoms with E-state index in [1.165, 1.54) is 6.07 Å². The summed E-state index contributed by atoms with van der Waals surface area (Å²) in [5, 5.41) is 82.1. The minimum Gasteiger partial charge on any atom is -0.870 e. The summed E-state index contributed by atoms with van der Waals surface area (Å²) in [4.78, 5) is 136. The molecular weight excluding hydrogens is 959 g/mol. The van der Waals surface area contributed by atoms with Gasteiger partial charge in [-0.1, -0.05) is 48.5 Å². The van der Waals surface area contributed by atoms with E-state index >= 15 is 0 Å². The van der Waals surface area contributed by atoms with Gasteiger partial charge in [-0.2, -0.15) is 0 Å². The van der Waals surface area contributed by atoms with Crippen LogP contribution in [0.3, 0.4) is 0 Å². The van der Waals surface area contributed by atoms with Crippen molar-refractivity contribution in [2.45, 2.75) is 0 Å². The number of carbonyl (C=O) groups is 8. The Morgan fingerprint density at radius 1 is 0.358 bits per heavy atom. The first-order valence-electron chi connectivity index (χ1n) is 17.8. The number of hydrogen-bond acceptors (Lipinski definition) is 15. The maximum absolute atomic E-state index is 13.1. The molecule has 3 aromatic heterocycles. The summed E-state index contributed by atoms with van der Waals surface area (Å²) in [7, 11) is 0. The molecule has 0 atom stereocenters. The summed E-state index contributed by atoms with van der Waals surface area (Å²) in [6, 6.07) is 12.7. The van der Waals surface area contributed by atoms with Crippen LogP contribution in [0.5, 0.6) is 0 Å². The van der Waals surface area contributed by atoms with Gasteiger partial charge in [0, 0.05) is 60.9 Å². The zero-order valence-corrected chi connectivity index (χ0v) is 37.2. The molecule has 4 aromatic carbocycles. The number of aromatic carboxylic acids is 8. The minimum atomic E-state index is -2.24. The van der Waals surface area contributed by atoms with Crippen LogP contribution in [0.25, 0.3) is 89.7 Å². The Kier molecular flexibility index (Phi) is 12.7. The SMILES string of the molecule is O=C(O)c1c(C(=O)O)c(C(=O)O)c2c(c1C(=O)O)-c1nc-2nc2[nH]c(nc3nc(nc4[nH]c(n1)c1ccccc41)-c1ccccc1-3)c1c(C(=O)O)c(C(=O)O)c(C(=O)O)c(C(=O)O)c21.[Fe].[K+].[OH-]. The monoisotopic (exact) mass is 978 g/mol. The molecule has 2 aliphatic rings. The average Bonchev–Trinajstić information content (AvgIpc) is 3.97. The maximum Gasteiger partial charge on any atom is 1.00 e. The molecule has 0 amide bonds. The zero-order valence-electron chi connectivity index (χ0n) is 32.9. The molecule has 0 radical (unpaired) electrons. The summed E-state index contributed by atoms with van der Waals surface area (Å²) in [6.45, 7) is 0. The van der Waals surface area contributed by atoms with E-state index in [4.69, 9.17) is 0 Å². The van der Waals surface area contributed by atoms with Crippen LogP contribution in [-0.4, -0.2) is 134 Å². The van der Waals surface area contributed by atoms with Crippen molar-refractivity contribution in [3.8, 4) is 45.6 Å². The molecule has 2 aliphatic heterocycles. The number of carboxylic acid groups (broad SMARTS) is 8. The van der Waals surface area contributed by atoms with Crippen molar-refractivity contribution < 1.29 is 153 Å². The fourth-order valence-corrected chi connectivity index (χ4v) is 7.92. The van der Waals surface area contributed by atoms with Gasteiger partial charge in [0.1, 0.15) is 22.6 Å². The second kappa shape index (κ2) is 17.5. The molecule has 330 valence electrons. The number of nitrogens with one attached hydrogen (secondary N) is 2. The molecule has 9 rings (SSSR count). The van der Waals surface area contributed by atoms with Gasteiger partial charge in [-0.05, 0) is 0 Å². The van der Waals surface area contributed by atoms with E-state index in [1.807, 2.05) is 0 Å². The number of aromatic nitrogens is 8. The third kappa shape index (κ3) is 7.32. The van der Waals surface area contributed by atoms with Crippen LogP contribution in [0, 0.1) is 0 Å². The second-order valence-electron chi connectivity index (χ2n) is 13.6. The van der Waals surface area contributed by atoms with E-state index < -0.39 is 137 Å². The molecular formula is C40H19FeKN8O17. The Bertz CT molecular complexity index is 3680. The van der Waals surface area contributed by atoms with Gasteiger partial charge in [0.2, 0.25) is 0 Å². The van der Waals surface area contributed by atoms with Gasteiger partial charge in [0.05, 0.1) is 44.5 Å². The van der Waals surface area contributed by atoms with Crippen molar-refractivity contribution in [2.24, 2.45) is 0 Å². The van der Waals surface area contributed by atoms with E-state index in [9.17, 15) is 79.2 Å². The fourth-order valence-electron chi connectivity index (χ4n) is 7.92. The Labute approximate surface area is 420 Å². The van der Waals surface area contributed by atoms with Crippen molar-refractivity contribution in [2.75, 3.05) is 0 Å². The van der Waals surface area contributed by atoms with Gasteiger partial charge in [-0.25, -0.2) is 68.3 Å². The third-order valence-electron chi connectivity index (χ3n) is 10.2. The number of H-pyrrole nitrogens is 2. The van der Waals surface area contributed by atoms with Gasteiger partial charge in [-0.3, -0.25) is 0 Å². The molecule has 25 nitrogen and oxygen atoms in total. The number of fused-ring (bicyclic) bond motifs is 20. The summed E-state index contributed by atoms with van der Waals surface area (Å²) < 4.78 is 0. The molecule has 0 saturated heterocycles. The van der Waals surface area contributed by atoms with Crippen LogP contribution in [-0.2, 0) is 17.1 Å². The number of aromatic amines is 2. The fraction of sp³-hybridized carbons (Fsp3) is 0. The van der Waals surface area contributed by atoms with Crippen LogP contribution in [0.2, 0.25) is 0 Å². The molecule has 0 saturated carbocycles. The molecule has 0 aliphatic carbocycles. The molecule has 0 fully saturated rings. The van der Waals surface area contributed by atoms with Crippen LogP contribution in [0.1, 0.15) is 82.9 Å². The first kappa shape index (κ1) is 48.6. The van der Waals surface area contributed by atoms with Crippen LogP contribution in [0.4, 0.5) is 0 Å². The number of hydrogen-bond donors (Lipinski definition) is 10. The summed E-state index contributed by atoms with van der Waals surface area (Å²) in [5.41, 5.74) is -14.6. The van der Waals surface area contributed by atoms with Crippen LogP contribution in [0.15, 0.2) is 48.5 Å². The quantitative estimate of drug-likeness (QED) is 0.0959. The largest absolute Gasteiger partial charge is 1.00 e. The van der Waals surface area contributed by atoms with Gasteiger partial charge in [0.25, 0.3) is 0 Å². The topological polar surface area (TPSA) is 437 Å². The number of rotatable bonds is 8. The van der Waals surface area contributed by atoms with E-state index in [-0.39, 0.29) is 108 Å². The smallest absolute Gasteiger partial charge is 0.870 e. The van der Waals surface area contributed by atoms with Gasteiger partial charge in [-0.15, -0.1) is 0 Å².